The van der Waals surface area contributed by atoms with E-state index in [2.05, 4.69) is 28.3 Å². The zero-order chi connectivity index (χ0) is 29.6. The van der Waals surface area contributed by atoms with Gasteiger partial charge in [-0.2, -0.15) is 9.29 Å². The summed E-state index contributed by atoms with van der Waals surface area (Å²) in [5.74, 6) is -0.276. The van der Waals surface area contributed by atoms with Gasteiger partial charge in [0.1, 0.15) is 36.6 Å². The van der Waals surface area contributed by atoms with Crippen molar-refractivity contribution in [2.24, 2.45) is 0 Å². The number of anilines is 1. The molecule has 2 fully saturated rings. The molecule has 226 valence electrons. The molecule has 4 rings (SSSR count). The molecule has 11 atom stereocenters. The Morgan fingerprint density at radius 1 is 1.00 bits per heavy atom. The Hall–Kier alpha value is -1.91. The van der Waals surface area contributed by atoms with Gasteiger partial charge in [-0.05, 0) is 6.42 Å². The third-order valence-corrected chi connectivity index (χ3v) is 8.59. The van der Waals surface area contributed by atoms with Gasteiger partial charge in [0.25, 0.3) is 5.56 Å². The minimum Gasteiger partial charge on any atom is -0.396 e. The van der Waals surface area contributed by atoms with Crippen LogP contribution in [0.25, 0.3) is 11.2 Å². The molecule has 0 radical (unpaired) electrons. The number of imidazole rings is 1. The van der Waals surface area contributed by atoms with Gasteiger partial charge in [0.05, 0.1) is 19.0 Å². The van der Waals surface area contributed by atoms with E-state index in [1.165, 1.54) is 0 Å². The maximum absolute atomic E-state index is 12.3. The summed E-state index contributed by atoms with van der Waals surface area (Å²) < 4.78 is 49.6. The lowest BCUT2D eigenvalue weighted by atomic mass is 9.97. The van der Waals surface area contributed by atoms with Crippen LogP contribution in [0.15, 0.2) is 11.1 Å². The first-order chi connectivity index (χ1) is 18.6. The van der Waals surface area contributed by atoms with Crippen molar-refractivity contribution in [2.45, 2.75) is 61.7 Å². The van der Waals surface area contributed by atoms with Crippen molar-refractivity contribution in [3.8, 4) is 0 Å². The van der Waals surface area contributed by atoms with Crippen LogP contribution in [0.3, 0.4) is 0 Å². The predicted octanol–water partition coefficient (Wildman–Crippen LogP) is -4.24. The summed E-state index contributed by atoms with van der Waals surface area (Å²) >= 11 is 0. The van der Waals surface area contributed by atoms with Crippen molar-refractivity contribution in [3.63, 3.8) is 0 Å². The van der Waals surface area contributed by atoms with Gasteiger partial charge in [-0.1, -0.05) is 0 Å². The van der Waals surface area contributed by atoms with E-state index in [0.717, 1.165) is 10.9 Å². The highest BCUT2D eigenvalue weighted by Gasteiger charge is 2.49. The summed E-state index contributed by atoms with van der Waals surface area (Å²) in [6.07, 6.45) is -14.8. The third-order valence-electron chi connectivity index (χ3n) is 5.99. The summed E-state index contributed by atoms with van der Waals surface area (Å²) in [7, 11) is -11.1. The van der Waals surface area contributed by atoms with Gasteiger partial charge in [0, 0.05) is 6.61 Å². The zero-order valence-electron chi connectivity index (χ0n) is 20.1. The number of nitrogens with one attached hydrogen (secondary N) is 1. The second kappa shape index (κ2) is 11.8. The Morgan fingerprint density at radius 2 is 1.68 bits per heavy atom. The molecular weight excluding hydrogens is 592 g/mol. The van der Waals surface area contributed by atoms with Gasteiger partial charge in [0.2, 0.25) is 5.95 Å². The average Bonchev–Trinajstić information content (AvgIpc) is 3.39. The lowest BCUT2D eigenvalue weighted by Gasteiger charge is -2.40. The lowest BCUT2D eigenvalue weighted by molar-refractivity contribution is -0.277. The first kappa shape index (κ1) is 31.0. The molecule has 0 amide bonds. The highest BCUT2D eigenvalue weighted by molar-refractivity contribution is 7.61. The van der Waals surface area contributed by atoms with E-state index < -0.39 is 89.7 Å². The number of hydrogen-bond acceptors (Lipinski definition) is 17. The largest absolute Gasteiger partial charge is 0.483 e. The Balaban J connectivity index is 1.39. The third kappa shape index (κ3) is 6.44. The quantitative estimate of drug-likeness (QED) is 0.113. The van der Waals surface area contributed by atoms with Crippen molar-refractivity contribution >= 4 is 32.8 Å². The molecular formula is C17H27N5O16P2. The van der Waals surface area contributed by atoms with E-state index in [-0.39, 0.29) is 23.5 Å². The SMILES string of the molecule is Nc1nc2c(ncn2[C@@H]2O[C@H](COP(=O)(O)OP(=O)(O)O[C@H]3O[C@H](CCO)[C@@H](O)[C@@H](O)[C@@H]3O)[C@@H](O)[C@H]2O)c(=O)[nH]1. The van der Waals surface area contributed by atoms with E-state index in [0.29, 0.717) is 0 Å². The number of aliphatic hydroxyl groups is 6. The van der Waals surface area contributed by atoms with Gasteiger partial charge in [0.15, 0.2) is 23.7 Å². The van der Waals surface area contributed by atoms with Crippen LogP contribution in [-0.2, 0) is 32.0 Å². The normalized spacial score (nSPS) is 36.0. The Labute approximate surface area is 222 Å². The van der Waals surface area contributed by atoms with Crippen LogP contribution in [0, 0.1) is 0 Å². The molecule has 2 saturated heterocycles. The molecule has 23 heteroatoms. The fourth-order valence-corrected chi connectivity index (χ4v) is 6.23. The second-order valence-corrected chi connectivity index (χ2v) is 11.8. The molecule has 4 heterocycles. The molecule has 0 aliphatic carbocycles. The topological polar surface area (TPSA) is 332 Å². The van der Waals surface area contributed by atoms with Crippen molar-refractivity contribution in [1.82, 2.24) is 19.5 Å². The second-order valence-electron chi connectivity index (χ2n) is 8.77. The van der Waals surface area contributed by atoms with Crippen LogP contribution in [-0.4, -0.2) is 122 Å². The molecule has 0 spiro atoms. The molecule has 40 heavy (non-hydrogen) atoms. The van der Waals surface area contributed by atoms with Crippen LogP contribution in [0.1, 0.15) is 12.6 Å². The van der Waals surface area contributed by atoms with Gasteiger partial charge < -0.3 is 55.6 Å². The summed E-state index contributed by atoms with van der Waals surface area (Å²) in [6.45, 7) is -1.52. The van der Waals surface area contributed by atoms with Crippen LogP contribution in [0.4, 0.5) is 5.95 Å². The molecule has 2 unspecified atom stereocenters. The summed E-state index contributed by atoms with van der Waals surface area (Å²) in [5.41, 5.74) is 4.56. The maximum atomic E-state index is 12.3. The first-order valence-corrected chi connectivity index (χ1v) is 14.4. The van der Waals surface area contributed by atoms with E-state index in [1.54, 1.807) is 0 Å². The fraction of sp³-hybridized carbons (Fsp3) is 0.706. The van der Waals surface area contributed by atoms with Gasteiger partial charge >= 0.3 is 15.6 Å². The van der Waals surface area contributed by atoms with Crippen molar-refractivity contribution in [3.05, 3.63) is 16.7 Å². The summed E-state index contributed by atoms with van der Waals surface area (Å²) in [6, 6.07) is 0. The lowest BCUT2D eigenvalue weighted by Crippen LogP contribution is -2.58. The van der Waals surface area contributed by atoms with Crippen LogP contribution >= 0.6 is 15.6 Å². The Bertz CT molecular complexity index is 1360. The number of aliphatic hydroxyl groups excluding tert-OH is 6. The fourth-order valence-electron chi connectivity index (χ4n) is 4.07. The first-order valence-electron chi connectivity index (χ1n) is 11.4. The number of aromatic nitrogens is 4. The minimum atomic E-state index is -5.58. The summed E-state index contributed by atoms with van der Waals surface area (Å²) in [4.78, 5) is 41.8. The number of H-pyrrole nitrogens is 1. The molecule has 2 aromatic heterocycles. The number of nitrogen functional groups attached to an aromatic ring is 1. The highest BCUT2D eigenvalue weighted by Crippen LogP contribution is 2.61. The molecule has 2 aliphatic heterocycles. The number of phosphoric ester groups is 2. The van der Waals surface area contributed by atoms with Crippen molar-refractivity contribution in [2.75, 3.05) is 18.9 Å². The van der Waals surface area contributed by atoms with Crippen molar-refractivity contribution in [1.29, 1.82) is 0 Å². The number of aromatic amines is 1. The van der Waals surface area contributed by atoms with E-state index in [4.69, 9.17) is 20.3 Å². The van der Waals surface area contributed by atoms with Crippen LogP contribution in [0.2, 0.25) is 0 Å². The van der Waals surface area contributed by atoms with Gasteiger partial charge in [-0.25, -0.2) is 14.1 Å². The summed E-state index contributed by atoms with van der Waals surface area (Å²) in [5, 5.41) is 59.5. The monoisotopic (exact) mass is 619 g/mol. The Kier molecular flexibility index (Phi) is 9.13. The number of rotatable bonds is 10. The minimum absolute atomic E-state index is 0.111. The number of fused-ring (bicyclic) bond motifs is 1. The van der Waals surface area contributed by atoms with E-state index >= 15 is 0 Å². The van der Waals surface area contributed by atoms with Crippen molar-refractivity contribution < 1.29 is 72.4 Å². The molecule has 0 aromatic carbocycles. The standard InChI is InChI=1S/C17H27N5O16P2/c18-17-20-13-7(14(29)21-17)19-4-22(13)15-11(27)9(25)6(35-15)3-34-39(30,31)38-40(32,33)37-16-12(28)10(26)8(24)5(36-16)1-2-23/h4-6,8-12,15-16,23-28H,1-3H2,(H,30,31)(H,32,33)(H3,18,20,21,29)/t5-,6-,8-,9-,10-,11-,12+,15-,16-/m1/s1. The molecule has 0 bridgehead atoms. The maximum Gasteiger partial charge on any atom is 0.483 e. The molecule has 2 aliphatic rings. The molecule has 0 saturated carbocycles. The average molecular weight is 619 g/mol. The zero-order valence-corrected chi connectivity index (χ0v) is 21.8. The number of nitrogens with two attached hydrogens (primary N) is 1. The molecule has 11 N–H and O–H groups in total. The smallest absolute Gasteiger partial charge is 0.396 e. The number of ether oxygens (including phenoxy) is 2. The predicted molar refractivity (Wildman–Crippen MR) is 125 cm³/mol. The van der Waals surface area contributed by atoms with E-state index in [1.807, 2.05) is 0 Å². The molecule has 2 aromatic rings. The highest BCUT2D eigenvalue weighted by atomic mass is 31.3. The number of nitrogens with zero attached hydrogens (tertiary/aromatic N) is 3. The van der Waals surface area contributed by atoms with E-state index in [9.17, 15) is 49.2 Å². The number of phosphoric acid groups is 2. The van der Waals surface area contributed by atoms with Gasteiger partial charge in [-0.15, -0.1) is 0 Å². The van der Waals surface area contributed by atoms with Crippen LogP contribution < -0.4 is 11.3 Å². The van der Waals surface area contributed by atoms with Gasteiger partial charge in [-0.3, -0.25) is 23.4 Å². The molecule has 21 nitrogen and oxygen atoms in total. The number of hydrogen-bond donors (Lipinski definition) is 10. The Morgan fingerprint density at radius 3 is 2.35 bits per heavy atom. The van der Waals surface area contributed by atoms with Crippen LogP contribution in [0.5, 0.6) is 0 Å².